The fraction of sp³-hybridized carbons (Fsp3) is 0. The van der Waals surface area contributed by atoms with Crippen molar-refractivity contribution in [2.24, 2.45) is 0 Å². The number of nitrogens with one attached hydrogen (secondary N) is 2. The van der Waals surface area contributed by atoms with Gasteiger partial charge in [-0.3, -0.25) is 4.79 Å². The van der Waals surface area contributed by atoms with Crippen LogP contribution in [0.1, 0.15) is 10.5 Å². The number of carbonyl (C=O) groups is 1. The van der Waals surface area contributed by atoms with Crippen LogP contribution in [0.25, 0.3) is 0 Å². The summed E-state index contributed by atoms with van der Waals surface area (Å²) in [5.74, 6) is -0.336. The lowest BCUT2D eigenvalue weighted by atomic mass is 10.4. The van der Waals surface area contributed by atoms with E-state index >= 15 is 0 Å². The van der Waals surface area contributed by atoms with Gasteiger partial charge in [0.1, 0.15) is 4.60 Å². The summed E-state index contributed by atoms with van der Waals surface area (Å²) in [6, 6.07) is 3.46. The molecule has 7 heteroatoms. The molecule has 2 heterocycles. The second-order valence-electron chi connectivity index (χ2n) is 2.65. The van der Waals surface area contributed by atoms with Gasteiger partial charge in [0.15, 0.2) is 5.69 Å². The van der Waals surface area contributed by atoms with E-state index in [9.17, 15) is 4.79 Å². The minimum atomic E-state index is -0.336. The molecule has 2 rings (SSSR count). The smallest absolute Gasteiger partial charge is 0.277 e. The summed E-state index contributed by atoms with van der Waals surface area (Å²) in [6.07, 6.45) is 2.97. The first kappa shape index (κ1) is 9.78. The van der Waals surface area contributed by atoms with Crippen LogP contribution in [-0.4, -0.2) is 26.3 Å². The third-order valence-electron chi connectivity index (χ3n) is 1.65. The number of hydrogen-bond acceptors (Lipinski definition) is 4. The maximum atomic E-state index is 11.5. The first-order valence-corrected chi connectivity index (χ1v) is 4.84. The Balaban J connectivity index is 2.17. The number of amides is 1. The lowest BCUT2D eigenvalue weighted by molar-refractivity contribution is 0.102. The van der Waals surface area contributed by atoms with Crippen LogP contribution in [0, 0.1) is 0 Å². The average Bonchev–Trinajstić information content (AvgIpc) is 2.74. The summed E-state index contributed by atoms with van der Waals surface area (Å²) in [4.78, 5) is 15.5. The Labute approximate surface area is 93.2 Å². The number of aromatic nitrogens is 4. The Morgan fingerprint density at radius 2 is 2.40 bits per heavy atom. The molecule has 6 nitrogen and oxygen atoms in total. The van der Waals surface area contributed by atoms with Crippen LogP contribution < -0.4 is 5.32 Å². The van der Waals surface area contributed by atoms with Gasteiger partial charge < -0.3 is 5.32 Å². The van der Waals surface area contributed by atoms with Gasteiger partial charge in [0.2, 0.25) is 0 Å². The van der Waals surface area contributed by atoms with Crippen LogP contribution in [-0.2, 0) is 0 Å². The standard InChI is InChI=1S/C8H6BrN5O/c9-7-5(2-1-3-10-7)12-8(15)6-4-11-14-13-6/h1-4H,(H,12,15)(H,11,13,14). The number of carbonyl (C=O) groups excluding carboxylic acids is 1. The number of aromatic amines is 1. The number of anilines is 1. The van der Waals surface area contributed by atoms with E-state index in [1.165, 1.54) is 6.20 Å². The van der Waals surface area contributed by atoms with Crippen molar-refractivity contribution < 1.29 is 4.79 Å². The Morgan fingerprint density at radius 1 is 1.53 bits per heavy atom. The topological polar surface area (TPSA) is 83.6 Å². The first-order chi connectivity index (χ1) is 7.27. The van der Waals surface area contributed by atoms with Gasteiger partial charge in [-0.2, -0.15) is 15.4 Å². The Kier molecular flexibility index (Phi) is 2.72. The van der Waals surface area contributed by atoms with Crippen molar-refractivity contribution in [1.82, 2.24) is 20.4 Å². The van der Waals surface area contributed by atoms with E-state index in [1.807, 2.05) is 0 Å². The molecule has 2 N–H and O–H groups in total. The average molecular weight is 268 g/mol. The fourth-order valence-corrected chi connectivity index (χ4v) is 1.33. The highest BCUT2D eigenvalue weighted by Crippen LogP contribution is 2.18. The quantitative estimate of drug-likeness (QED) is 0.802. The van der Waals surface area contributed by atoms with E-state index < -0.39 is 0 Å². The maximum Gasteiger partial charge on any atom is 0.277 e. The second-order valence-corrected chi connectivity index (χ2v) is 3.40. The number of rotatable bonds is 2. The molecule has 0 radical (unpaired) electrons. The molecule has 2 aromatic rings. The number of hydrogen-bond donors (Lipinski definition) is 2. The predicted octanol–water partition coefficient (Wildman–Crippen LogP) is 1.21. The van der Waals surface area contributed by atoms with Crippen LogP contribution in [0.4, 0.5) is 5.69 Å². The molecule has 0 fully saturated rings. The van der Waals surface area contributed by atoms with E-state index in [-0.39, 0.29) is 11.6 Å². The molecular weight excluding hydrogens is 262 g/mol. The molecule has 0 spiro atoms. The number of halogens is 1. The van der Waals surface area contributed by atoms with Crippen molar-refractivity contribution in [3.8, 4) is 0 Å². The number of pyridine rings is 1. The molecule has 1 amide bonds. The molecule has 76 valence electrons. The molecule has 0 unspecified atom stereocenters. The normalized spacial score (nSPS) is 9.93. The van der Waals surface area contributed by atoms with Crippen molar-refractivity contribution >= 4 is 27.5 Å². The third kappa shape index (κ3) is 2.18. The molecule has 0 bridgehead atoms. The molecule has 15 heavy (non-hydrogen) atoms. The summed E-state index contributed by atoms with van der Waals surface area (Å²) in [7, 11) is 0. The first-order valence-electron chi connectivity index (χ1n) is 4.05. The Hall–Kier alpha value is -1.76. The highest BCUT2D eigenvalue weighted by Gasteiger charge is 2.10. The number of nitrogens with zero attached hydrogens (tertiary/aromatic N) is 3. The van der Waals surface area contributed by atoms with Gasteiger partial charge in [-0.1, -0.05) is 0 Å². The largest absolute Gasteiger partial charge is 0.318 e. The van der Waals surface area contributed by atoms with Gasteiger partial charge in [0.05, 0.1) is 11.9 Å². The van der Waals surface area contributed by atoms with Crippen LogP contribution in [0.3, 0.4) is 0 Å². The van der Waals surface area contributed by atoms with E-state index in [1.54, 1.807) is 18.3 Å². The zero-order chi connectivity index (χ0) is 10.7. The minimum Gasteiger partial charge on any atom is -0.318 e. The van der Waals surface area contributed by atoms with E-state index in [4.69, 9.17) is 0 Å². The van der Waals surface area contributed by atoms with E-state index in [0.717, 1.165) is 0 Å². The monoisotopic (exact) mass is 267 g/mol. The van der Waals surface area contributed by atoms with Gasteiger partial charge in [-0.25, -0.2) is 4.98 Å². The Bertz CT molecular complexity index is 470. The van der Waals surface area contributed by atoms with E-state index in [0.29, 0.717) is 10.3 Å². The molecule has 0 aromatic carbocycles. The highest BCUT2D eigenvalue weighted by molar-refractivity contribution is 9.10. The van der Waals surface area contributed by atoms with Gasteiger partial charge in [-0.15, -0.1) is 0 Å². The third-order valence-corrected chi connectivity index (χ3v) is 2.29. The fourth-order valence-electron chi connectivity index (χ4n) is 0.977. The van der Waals surface area contributed by atoms with Gasteiger partial charge >= 0.3 is 0 Å². The van der Waals surface area contributed by atoms with Crippen molar-refractivity contribution in [3.63, 3.8) is 0 Å². The molecule has 2 aromatic heterocycles. The van der Waals surface area contributed by atoms with Gasteiger partial charge in [0.25, 0.3) is 5.91 Å². The highest BCUT2D eigenvalue weighted by atomic mass is 79.9. The van der Waals surface area contributed by atoms with Crippen LogP contribution in [0.5, 0.6) is 0 Å². The SMILES string of the molecule is O=C(Nc1cccnc1Br)c1cn[nH]n1. The lowest BCUT2D eigenvalue weighted by Gasteiger charge is -2.03. The minimum absolute atomic E-state index is 0.228. The van der Waals surface area contributed by atoms with Crippen molar-refractivity contribution in [2.75, 3.05) is 5.32 Å². The summed E-state index contributed by atoms with van der Waals surface area (Å²) in [5, 5.41) is 12.2. The molecule has 0 saturated carbocycles. The van der Waals surface area contributed by atoms with E-state index in [2.05, 4.69) is 41.6 Å². The van der Waals surface area contributed by atoms with Crippen LogP contribution in [0.2, 0.25) is 0 Å². The summed E-state index contributed by atoms with van der Waals surface area (Å²) in [6.45, 7) is 0. The molecular formula is C8H6BrN5O. The van der Waals surface area contributed by atoms with Gasteiger partial charge in [0, 0.05) is 6.20 Å². The summed E-state index contributed by atoms with van der Waals surface area (Å²) in [5.41, 5.74) is 0.816. The zero-order valence-corrected chi connectivity index (χ0v) is 9.02. The molecule has 0 aliphatic carbocycles. The van der Waals surface area contributed by atoms with Crippen molar-refractivity contribution in [1.29, 1.82) is 0 Å². The molecule has 0 aliphatic heterocycles. The van der Waals surface area contributed by atoms with Crippen LogP contribution in [0.15, 0.2) is 29.1 Å². The summed E-state index contributed by atoms with van der Waals surface area (Å²) < 4.78 is 0.571. The van der Waals surface area contributed by atoms with Crippen molar-refractivity contribution in [3.05, 3.63) is 34.8 Å². The summed E-state index contributed by atoms with van der Waals surface area (Å²) >= 11 is 3.22. The Morgan fingerprint density at radius 3 is 3.07 bits per heavy atom. The maximum absolute atomic E-state index is 11.5. The predicted molar refractivity (Wildman–Crippen MR) is 56.3 cm³/mol. The molecule has 0 aliphatic rings. The molecule has 0 saturated heterocycles. The van der Waals surface area contributed by atoms with Crippen LogP contribution >= 0.6 is 15.9 Å². The number of H-pyrrole nitrogens is 1. The molecule has 0 atom stereocenters. The second kappa shape index (κ2) is 4.18. The van der Waals surface area contributed by atoms with Crippen molar-refractivity contribution in [2.45, 2.75) is 0 Å². The lowest BCUT2D eigenvalue weighted by Crippen LogP contribution is -2.12. The zero-order valence-electron chi connectivity index (χ0n) is 7.44. The van der Waals surface area contributed by atoms with Gasteiger partial charge in [-0.05, 0) is 28.1 Å².